The van der Waals surface area contributed by atoms with Gasteiger partial charge in [0.15, 0.2) is 0 Å². The minimum absolute atomic E-state index is 0.0402. The van der Waals surface area contributed by atoms with Crippen LogP contribution in [0.5, 0.6) is 0 Å². The predicted octanol–water partition coefficient (Wildman–Crippen LogP) is 3.04. The minimum atomic E-state index is -0.397. The molecular formula is C19H29ClN2O2. The van der Waals surface area contributed by atoms with Gasteiger partial charge in [-0.15, -0.1) is 0 Å². The van der Waals surface area contributed by atoms with E-state index in [2.05, 4.69) is 30.5 Å². The Bertz CT molecular complexity index is 549. The first kappa shape index (κ1) is 19.2. The molecule has 1 aromatic rings. The lowest BCUT2D eigenvalue weighted by molar-refractivity contribution is -0.136. The number of hydrogen-bond donors (Lipinski definition) is 2. The third kappa shape index (κ3) is 5.20. The number of ether oxygens (including phenoxy) is 1. The third-order valence-corrected chi connectivity index (χ3v) is 5.00. The van der Waals surface area contributed by atoms with Gasteiger partial charge in [0, 0.05) is 18.7 Å². The number of nitrogens with one attached hydrogen (secondary N) is 2. The minimum Gasteiger partial charge on any atom is -0.384 e. The molecule has 0 saturated carbocycles. The number of amides is 1. The molecule has 1 heterocycles. The van der Waals surface area contributed by atoms with E-state index in [4.69, 9.17) is 16.3 Å². The summed E-state index contributed by atoms with van der Waals surface area (Å²) in [7, 11) is 1.67. The molecule has 4 nitrogen and oxygen atoms in total. The molecule has 0 bridgehead atoms. The number of methoxy groups -OCH3 is 1. The van der Waals surface area contributed by atoms with Crippen molar-refractivity contribution in [1.29, 1.82) is 0 Å². The zero-order valence-corrected chi connectivity index (χ0v) is 15.7. The van der Waals surface area contributed by atoms with Crippen molar-refractivity contribution in [1.82, 2.24) is 10.6 Å². The first-order valence-electron chi connectivity index (χ1n) is 8.59. The van der Waals surface area contributed by atoms with E-state index in [1.165, 1.54) is 5.56 Å². The number of piperidine rings is 1. The van der Waals surface area contributed by atoms with Crippen molar-refractivity contribution in [2.45, 2.75) is 33.1 Å². The van der Waals surface area contributed by atoms with Crippen LogP contribution < -0.4 is 10.6 Å². The summed E-state index contributed by atoms with van der Waals surface area (Å²) in [5.74, 6) is 0.116. The lowest BCUT2D eigenvalue weighted by Crippen LogP contribution is -2.51. The second kappa shape index (κ2) is 8.32. The Morgan fingerprint density at radius 2 is 2.08 bits per heavy atom. The molecule has 1 saturated heterocycles. The van der Waals surface area contributed by atoms with E-state index in [0.717, 1.165) is 37.4 Å². The average molecular weight is 353 g/mol. The second-order valence-corrected chi connectivity index (χ2v) is 8.05. The molecular weight excluding hydrogens is 324 g/mol. The molecule has 2 N–H and O–H groups in total. The van der Waals surface area contributed by atoms with E-state index in [1.807, 2.05) is 18.2 Å². The van der Waals surface area contributed by atoms with Crippen LogP contribution >= 0.6 is 11.6 Å². The zero-order chi connectivity index (χ0) is 17.6. The Labute approximate surface area is 150 Å². The number of carbonyl (C=O) groups is 1. The molecule has 0 spiro atoms. The van der Waals surface area contributed by atoms with Gasteiger partial charge in [0.05, 0.1) is 12.0 Å². The molecule has 0 aromatic heterocycles. The van der Waals surface area contributed by atoms with Gasteiger partial charge in [-0.3, -0.25) is 4.79 Å². The Morgan fingerprint density at radius 1 is 1.38 bits per heavy atom. The quantitative estimate of drug-likeness (QED) is 0.793. The number of rotatable bonds is 7. The normalized spacial score (nSPS) is 17.5. The topological polar surface area (TPSA) is 50.4 Å². The van der Waals surface area contributed by atoms with Crippen molar-refractivity contribution in [2.75, 3.05) is 33.4 Å². The largest absolute Gasteiger partial charge is 0.384 e. The van der Waals surface area contributed by atoms with Gasteiger partial charge in [0.25, 0.3) is 0 Å². The van der Waals surface area contributed by atoms with E-state index in [-0.39, 0.29) is 11.3 Å². The van der Waals surface area contributed by atoms with E-state index in [1.54, 1.807) is 7.11 Å². The van der Waals surface area contributed by atoms with Crippen LogP contribution in [-0.2, 0) is 16.0 Å². The van der Waals surface area contributed by atoms with Gasteiger partial charge in [-0.1, -0.05) is 37.6 Å². The zero-order valence-electron chi connectivity index (χ0n) is 15.0. The molecule has 0 atom stereocenters. The molecule has 2 rings (SSSR count). The maximum atomic E-state index is 12.8. The van der Waals surface area contributed by atoms with Crippen molar-refractivity contribution >= 4 is 17.5 Å². The van der Waals surface area contributed by atoms with Crippen LogP contribution in [-0.4, -0.2) is 39.3 Å². The highest BCUT2D eigenvalue weighted by atomic mass is 35.5. The van der Waals surface area contributed by atoms with Gasteiger partial charge in [0.2, 0.25) is 5.91 Å². The van der Waals surface area contributed by atoms with Crippen LogP contribution in [0.4, 0.5) is 0 Å². The number of halogens is 1. The van der Waals surface area contributed by atoms with Gasteiger partial charge in [-0.05, 0) is 55.5 Å². The SMILES string of the molecule is COCC1(C(=O)NCC(C)(C)Cc2cccc(Cl)c2)CCNCC1. The third-order valence-electron chi connectivity index (χ3n) is 4.76. The van der Waals surface area contributed by atoms with Gasteiger partial charge >= 0.3 is 0 Å². The Morgan fingerprint density at radius 3 is 2.71 bits per heavy atom. The van der Waals surface area contributed by atoms with E-state index in [9.17, 15) is 4.79 Å². The number of carbonyl (C=O) groups excluding carboxylic acids is 1. The molecule has 0 aliphatic carbocycles. The Kier molecular flexibility index (Phi) is 6.67. The summed E-state index contributed by atoms with van der Waals surface area (Å²) in [6, 6.07) is 7.92. The Balaban J connectivity index is 1.95. The first-order valence-corrected chi connectivity index (χ1v) is 8.97. The van der Waals surface area contributed by atoms with Crippen molar-refractivity contribution in [3.63, 3.8) is 0 Å². The standard InChI is InChI=1S/C19H29ClN2O2/c1-18(2,12-15-5-4-6-16(20)11-15)13-22-17(23)19(14-24-3)7-9-21-10-8-19/h4-6,11,21H,7-10,12-14H2,1-3H3,(H,22,23). The van der Waals surface area contributed by atoms with E-state index >= 15 is 0 Å². The fourth-order valence-corrected chi connectivity index (χ4v) is 3.60. The van der Waals surface area contributed by atoms with Crippen LogP contribution in [0.25, 0.3) is 0 Å². The fourth-order valence-electron chi connectivity index (χ4n) is 3.39. The number of benzene rings is 1. The van der Waals surface area contributed by atoms with Crippen molar-refractivity contribution < 1.29 is 9.53 Å². The van der Waals surface area contributed by atoms with Gasteiger partial charge in [-0.25, -0.2) is 0 Å². The molecule has 1 aliphatic rings. The summed E-state index contributed by atoms with van der Waals surface area (Å²) in [6.07, 6.45) is 2.51. The van der Waals surface area contributed by atoms with Crippen molar-refractivity contribution in [3.8, 4) is 0 Å². The molecule has 134 valence electrons. The van der Waals surface area contributed by atoms with Crippen LogP contribution in [0.2, 0.25) is 5.02 Å². The highest BCUT2D eigenvalue weighted by molar-refractivity contribution is 6.30. The molecule has 1 amide bonds. The highest BCUT2D eigenvalue weighted by Crippen LogP contribution is 2.30. The van der Waals surface area contributed by atoms with Crippen LogP contribution in [0.1, 0.15) is 32.3 Å². The molecule has 0 radical (unpaired) electrons. The lowest BCUT2D eigenvalue weighted by Gasteiger charge is -2.36. The monoisotopic (exact) mass is 352 g/mol. The van der Waals surface area contributed by atoms with Crippen molar-refractivity contribution in [3.05, 3.63) is 34.9 Å². The summed E-state index contributed by atoms with van der Waals surface area (Å²) in [4.78, 5) is 12.8. The summed E-state index contributed by atoms with van der Waals surface area (Å²) in [5, 5.41) is 7.24. The summed E-state index contributed by atoms with van der Waals surface area (Å²) >= 11 is 6.07. The van der Waals surface area contributed by atoms with Gasteiger partial charge < -0.3 is 15.4 Å². The smallest absolute Gasteiger partial charge is 0.228 e. The van der Waals surface area contributed by atoms with Crippen LogP contribution in [0.3, 0.4) is 0 Å². The first-order chi connectivity index (χ1) is 11.4. The number of hydrogen-bond acceptors (Lipinski definition) is 3. The summed E-state index contributed by atoms with van der Waals surface area (Å²) in [6.45, 7) is 7.18. The van der Waals surface area contributed by atoms with Crippen molar-refractivity contribution in [2.24, 2.45) is 10.8 Å². The van der Waals surface area contributed by atoms with E-state index < -0.39 is 5.41 Å². The van der Waals surface area contributed by atoms with E-state index in [0.29, 0.717) is 13.2 Å². The molecule has 5 heteroatoms. The van der Waals surface area contributed by atoms with Crippen LogP contribution in [0.15, 0.2) is 24.3 Å². The summed E-state index contributed by atoms with van der Waals surface area (Å²) in [5.41, 5.74) is 0.753. The molecule has 24 heavy (non-hydrogen) atoms. The summed E-state index contributed by atoms with van der Waals surface area (Å²) < 4.78 is 5.34. The maximum absolute atomic E-state index is 12.8. The van der Waals surface area contributed by atoms with Crippen LogP contribution in [0, 0.1) is 10.8 Å². The Hall–Kier alpha value is -1.10. The lowest BCUT2D eigenvalue weighted by atomic mass is 9.78. The highest BCUT2D eigenvalue weighted by Gasteiger charge is 2.40. The van der Waals surface area contributed by atoms with Gasteiger partial charge in [-0.2, -0.15) is 0 Å². The van der Waals surface area contributed by atoms with Gasteiger partial charge in [0.1, 0.15) is 0 Å². The molecule has 1 aromatic carbocycles. The maximum Gasteiger partial charge on any atom is 0.228 e. The predicted molar refractivity (Wildman–Crippen MR) is 98.4 cm³/mol. The fraction of sp³-hybridized carbons (Fsp3) is 0.632. The molecule has 1 fully saturated rings. The molecule has 0 unspecified atom stereocenters. The average Bonchev–Trinajstić information content (AvgIpc) is 2.53. The molecule has 1 aliphatic heterocycles. The second-order valence-electron chi connectivity index (χ2n) is 7.62.